The first-order valence-corrected chi connectivity index (χ1v) is 10.4. The van der Waals surface area contributed by atoms with Crippen molar-refractivity contribution >= 4 is 35.3 Å². The van der Waals surface area contributed by atoms with Gasteiger partial charge in [-0.1, -0.05) is 6.08 Å². The van der Waals surface area contributed by atoms with Gasteiger partial charge >= 0.3 is 11.9 Å². The molecule has 1 aromatic heterocycles. The van der Waals surface area contributed by atoms with Gasteiger partial charge in [-0.05, 0) is 74.5 Å². The number of hydrazone groups is 1. The quantitative estimate of drug-likeness (QED) is 0.470. The molecule has 0 saturated carbocycles. The van der Waals surface area contributed by atoms with Gasteiger partial charge in [-0.3, -0.25) is 14.7 Å². The lowest BCUT2D eigenvalue weighted by Gasteiger charge is -2.11. The summed E-state index contributed by atoms with van der Waals surface area (Å²) in [6.45, 7) is 3.41. The van der Waals surface area contributed by atoms with Crippen LogP contribution in [0.3, 0.4) is 0 Å². The number of nitrogens with one attached hydrogen (secondary N) is 1. The van der Waals surface area contributed by atoms with Crippen LogP contribution in [0.5, 0.6) is 0 Å². The average molecular weight is 472 g/mol. The number of carbonyl (C=O) groups is 3. The van der Waals surface area contributed by atoms with E-state index in [-0.39, 0.29) is 22.6 Å². The molecule has 0 fully saturated rings. The number of hydrogen-bond acceptors (Lipinski definition) is 5. The standard InChI is InChI=1S/C25H20N4O6/c1-14-20(22(30)28(26-14)18-10-6-16(7-11-18)24(32)33)4-3-5-21-15(2)27-29(23(21)31)19-12-8-17(9-13-19)25(34)35/h3-13,26H,1-2H3,(H,32,33)(H,34,35). The van der Waals surface area contributed by atoms with Crippen LogP contribution in [0.1, 0.15) is 38.9 Å². The molecule has 3 N–H and O–H groups in total. The number of aromatic nitrogens is 2. The Morgan fingerprint density at radius 1 is 0.886 bits per heavy atom. The molecule has 3 aromatic rings. The Labute approximate surface area is 198 Å². The maximum atomic E-state index is 12.9. The molecule has 0 atom stereocenters. The van der Waals surface area contributed by atoms with E-state index in [0.29, 0.717) is 33.9 Å². The number of anilines is 1. The van der Waals surface area contributed by atoms with Crippen molar-refractivity contribution in [2.45, 2.75) is 13.8 Å². The van der Waals surface area contributed by atoms with E-state index in [1.807, 2.05) is 0 Å². The van der Waals surface area contributed by atoms with Crippen molar-refractivity contribution < 1.29 is 24.6 Å². The van der Waals surface area contributed by atoms with Gasteiger partial charge in [0, 0.05) is 5.69 Å². The van der Waals surface area contributed by atoms with Gasteiger partial charge in [-0.15, -0.1) is 0 Å². The highest BCUT2D eigenvalue weighted by Crippen LogP contribution is 2.24. The van der Waals surface area contributed by atoms with Gasteiger partial charge in [0.1, 0.15) is 0 Å². The van der Waals surface area contributed by atoms with E-state index < -0.39 is 11.9 Å². The molecule has 0 radical (unpaired) electrons. The lowest BCUT2D eigenvalue weighted by molar-refractivity contribution is -0.114. The summed E-state index contributed by atoms with van der Waals surface area (Å²) < 4.78 is 1.31. The fourth-order valence-electron chi connectivity index (χ4n) is 3.56. The first-order valence-electron chi connectivity index (χ1n) is 10.4. The van der Waals surface area contributed by atoms with Gasteiger partial charge < -0.3 is 10.2 Å². The molecule has 10 heteroatoms. The van der Waals surface area contributed by atoms with E-state index >= 15 is 0 Å². The maximum Gasteiger partial charge on any atom is 0.335 e. The largest absolute Gasteiger partial charge is 0.478 e. The number of rotatable bonds is 6. The third-order valence-corrected chi connectivity index (χ3v) is 5.44. The number of aromatic carboxylic acids is 2. The summed E-state index contributed by atoms with van der Waals surface area (Å²) in [7, 11) is 0. The summed E-state index contributed by atoms with van der Waals surface area (Å²) in [5, 5.41) is 26.5. The van der Waals surface area contributed by atoms with Gasteiger partial charge in [0.15, 0.2) is 0 Å². The van der Waals surface area contributed by atoms with Gasteiger partial charge in [0.2, 0.25) is 0 Å². The van der Waals surface area contributed by atoms with Gasteiger partial charge in [0.25, 0.3) is 11.5 Å². The molecule has 2 aromatic carbocycles. The van der Waals surface area contributed by atoms with Crippen molar-refractivity contribution in [3.63, 3.8) is 0 Å². The fourth-order valence-corrected chi connectivity index (χ4v) is 3.56. The lowest BCUT2D eigenvalue weighted by Crippen LogP contribution is -2.21. The Kier molecular flexibility index (Phi) is 6.03. The normalized spacial score (nSPS) is 14.7. The smallest absolute Gasteiger partial charge is 0.335 e. The summed E-state index contributed by atoms with van der Waals surface area (Å²) in [6.07, 6.45) is 4.72. The molecule has 0 bridgehead atoms. The van der Waals surface area contributed by atoms with Crippen molar-refractivity contribution in [1.29, 1.82) is 0 Å². The van der Waals surface area contributed by atoms with Crippen LogP contribution in [-0.4, -0.2) is 43.6 Å². The van der Waals surface area contributed by atoms with Crippen molar-refractivity contribution in [2.24, 2.45) is 5.10 Å². The van der Waals surface area contributed by atoms with Gasteiger partial charge in [-0.2, -0.15) is 10.1 Å². The first kappa shape index (κ1) is 23.2. The highest BCUT2D eigenvalue weighted by atomic mass is 16.4. The second-order valence-electron chi connectivity index (χ2n) is 7.74. The molecule has 0 unspecified atom stereocenters. The average Bonchev–Trinajstić information content (AvgIpc) is 3.28. The zero-order chi connectivity index (χ0) is 25.3. The van der Waals surface area contributed by atoms with Crippen molar-refractivity contribution in [2.75, 3.05) is 5.01 Å². The predicted molar refractivity (Wildman–Crippen MR) is 129 cm³/mol. The van der Waals surface area contributed by atoms with E-state index in [0.717, 1.165) is 0 Å². The molecule has 176 valence electrons. The molecular formula is C25H20N4O6. The Balaban J connectivity index is 1.56. The number of benzene rings is 2. The number of carboxylic acids is 2. The molecule has 2 heterocycles. The molecule has 10 nitrogen and oxygen atoms in total. The van der Waals surface area contributed by atoms with E-state index in [1.54, 1.807) is 32.1 Å². The van der Waals surface area contributed by atoms with Crippen LogP contribution in [0.15, 0.2) is 76.2 Å². The van der Waals surface area contributed by atoms with Crippen LogP contribution < -0.4 is 10.6 Å². The maximum absolute atomic E-state index is 12.9. The highest BCUT2D eigenvalue weighted by molar-refractivity contribution is 6.29. The zero-order valence-corrected chi connectivity index (χ0v) is 18.7. The molecule has 1 aliphatic heterocycles. The summed E-state index contributed by atoms with van der Waals surface area (Å²) in [4.78, 5) is 47.8. The fraction of sp³-hybridized carbons (Fsp3) is 0.0800. The summed E-state index contributed by atoms with van der Waals surface area (Å²) in [6, 6.07) is 11.7. The van der Waals surface area contributed by atoms with Crippen LogP contribution in [0.25, 0.3) is 11.8 Å². The van der Waals surface area contributed by atoms with Gasteiger partial charge in [0.05, 0.1) is 39.3 Å². The summed E-state index contributed by atoms with van der Waals surface area (Å²) >= 11 is 0. The number of carboxylic acid groups (broad SMARTS) is 2. The Morgan fingerprint density at radius 2 is 1.43 bits per heavy atom. The SMILES string of the molecule is CC1=NN(c2ccc(C(=O)O)cc2)C(=O)C1=CC=Cc1c(C)[nH]n(-c2ccc(C(=O)O)cc2)c1=O. The van der Waals surface area contributed by atoms with E-state index in [9.17, 15) is 19.2 Å². The van der Waals surface area contributed by atoms with Gasteiger partial charge in [-0.25, -0.2) is 14.3 Å². The molecule has 4 rings (SSSR count). The molecular weight excluding hydrogens is 452 g/mol. The van der Waals surface area contributed by atoms with Crippen molar-refractivity contribution in [3.05, 3.63) is 99.0 Å². The van der Waals surface area contributed by atoms with E-state index in [1.165, 1.54) is 58.2 Å². The molecule has 35 heavy (non-hydrogen) atoms. The van der Waals surface area contributed by atoms with Crippen LogP contribution >= 0.6 is 0 Å². The third-order valence-electron chi connectivity index (χ3n) is 5.44. The van der Waals surface area contributed by atoms with Crippen LogP contribution in [0.4, 0.5) is 5.69 Å². The number of nitrogens with zero attached hydrogens (tertiary/aromatic N) is 3. The van der Waals surface area contributed by atoms with Crippen molar-refractivity contribution in [3.8, 4) is 5.69 Å². The molecule has 1 amide bonds. The minimum Gasteiger partial charge on any atom is -0.478 e. The lowest BCUT2D eigenvalue weighted by atomic mass is 10.1. The summed E-state index contributed by atoms with van der Waals surface area (Å²) in [5.41, 5.74) is 2.59. The van der Waals surface area contributed by atoms with E-state index in [4.69, 9.17) is 10.2 Å². The number of hydrogen-bond donors (Lipinski definition) is 3. The van der Waals surface area contributed by atoms with Crippen LogP contribution in [0.2, 0.25) is 0 Å². The summed E-state index contributed by atoms with van der Waals surface area (Å²) in [5.74, 6) is -2.50. The minimum atomic E-state index is -1.06. The zero-order valence-electron chi connectivity index (χ0n) is 18.7. The minimum absolute atomic E-state index is 0.102. The predicted octanol–water partition coefficient (Wildman–Crippen LogP) is 3.23. The number of amides is 1. The Bertz CT molecular complexity index is 1490. The topological polar surface area (TPSA) is 145 Å². The van der Waals surface area contributed by atoms with Crippen LogP contribution in [0, 0.1) is 6.92 Å². The number of aryl methyl sites for hydroxylation is 1. The number of carbonyl (C=O) groups excluding carboxylic acids is 1. The highest BCUT2D eigenvalue weighted by Gasteiger charge is 2.28. The molecule has 0 spiro atoms. The molecule has 0 saturated heterocycles. The molecule has 0 aliphatic carbocycles. The Hall–Kier alpha value is -4.99. The Morgan fingerprint density at radius 3 is 1.97 bits per heavy atom. The third kappa shape index (κ3) is 4.44. The first-order chi connectivity index (χ1) is 16.7. The number of H-pyrrole nitrogens is 1. The second-order valence-corrected chi connectivity index (χ2v) is 7.74. The second kappa shape index (κ2) is 9.10. The number of aromatic amines is 1. The monoisotopic (exact) mass is 472 g/mol. The van der Waals surface area contributed by atoms with Crippen molar-refractivity contribution in [1.82, 2.24) is 9.78 Å². The van der Waals surface area contributed by atoms with E-state index in [2.05, 4.69) is 10.2 Å². The molecule has 1 aliphatic rings. The van der Waals surface area contributed by atoms with Crippen LogP contribution in [-0.2, 0) is 4.79 Å². The number of allylic oxidation sites excluding steroid dienone is 2.